The third-order valence-electron chi connectivity index (χ3n) is 6.59. The number of nitrogens with zero attached hydrogens (tertiary/aromatic N) is 4. The molecule has 0 radical (unpaired) electrons. The molecule has 10 heteroatoms. The molecule has 4 rings (SSSR count). The van der Waals surface area contributed by atoms with Crippen LogP contribution < -0.4 is 11.2 Å². The predicted molar refractivity (Wildman–Crippen MR) is 108 cm³/mol. The Morgan fingerprint density at radius 2 is 1.74 bits per heavy atom. The maximum atomic E-state index is 13.9. The highest BCUT2D eigenvalue weighted by molar-refractivity contribution is 5.80. The Morgan fingerprint density at radius 3 is 2.39 bits per heavy atom. The number of piperidine rings is 1. The van der Waals surface area contributed by atoms with E-state index >= 15 is 0 Å². The normalized spacial score (nSPS) is 20.5. The number of aryl methyl sites for hydroxylation is 1. The summed E-state index contributed by atoms with van der Waals surface area (Å²) in [6, 6.07) is 0.919. The lowest BCUT2D eigenvalue weighted by atomic mass is 9.91. The zero-order chi connectivity index (χ0) is 22.5. The van der Waals surface area contributed by atoms with Crippen LogP contribution in [0.25, 0.3) is 11.0 Å². The van der Waals surface area contributed by atoms with Gasteiger partial charge in [0.1, 0.15) is 5.65 Å². The SMILES string of the molecule is Cn1c(=O)c2c(C(F)(F)F)cc([C@H]3CCCN(C(=O)C4CCCC4)C3)nc2n(C)c1=O. The van der Waals surface area contributed by atoms with Crippen molar-refractivity contribution < 1.29 is 18.0 Å². The van der Waals surface area contributed by atoms with Crippen LogP contribution in [0.1, 0.15) is 55.7 Å². The molecule has 7 nitrogen and oxygen atoms in total. The van der Waals surface area contributed by atoms with Gasteiger partial charge < -0.3 is 4.90 Å². The fourth-order valence-electron chi connectivity index (χ4n) is 4.86. The fourth-order valence-corrected chi connectivity index (χ4v) is 4.86. The molecule has 1 aliphatic heterocycles. The molecule has 1 saturated heterocycles. The van der Waals surface area contributed by atoms with E-state index in [4.69, 9.17) is 0 Å². The number of likely N-dealkylation sites (tertiary alicyclic amines) is 1. The third kappa shape index (κ3) is 3.76. The Hall–Kier alpha value is -2.65. The van der Waals surface area contributed by atoms with E-state index in [-0.39, 0.29) is 29.1 Å². The summed E-state index contributed by atoms with van der Waals surface area (Å²) in [6.07, 6.45) is 0.238. The first kappa shape index (κ1) is 21.6. The highest BCUT2D eigenvalue weighted by Gasteiger charge is 2.38. The molecule has 0 unspecified atom stereocenters. The first-order chi connectivity index (χ1) is 14.6. The lowest BCUT2D eigenvalue weighted by molar-refractivity contribution is -0.137. The maximum Gasteiger partial charge on any atom is 0.417 e. The van der Waals surface area contributed by atoms with Crippen molar-refractivity contribution in [3.8, 4) is 0 Å². The van der Waals surface area contributed by atoms with E-state index in [1.807, 2.05) is 0 Å². The molecule has 3 heterocycles. The van der Waals surface area contributed by atoms with Crippen molar-refractivity contribution >= 4 is 16.9 Å². The molecule has 2 aromatic rings. The van der Waals surface area contributed by atoms with Crippen molar-refractivity contribution in [2.24, 2.45) is 20.0 Å². The van der Waals surface area contributed by atoms with E-state index in [1.54, 1.807) is 4.90 Å². The first-order valence-corrected chi connectivity index (χ1v) is 10.6. The van der Waals surface area contributed by atoms with Gasteiger partial charge in [0.2, 0.25) is 5.91 Å². The smallest absolute Gasteiger partial charge is 0.342 e. The molecule has 31 heavy (non-hydrogen) atoms. The minimum Gasteiger partial charge on any atom is -0.342 e. The average molecular weight is 438 g/mol. The second-order valence-corrected chi connectivity index (χ2v) is 8.60. The summed E-state index contributed by atoms with van der Waals surface area (Å²) in [4.78, 5) is 43.7. The number of hydrogen-bond donors (Lipinski definition) is 0. The van der Waals surface area contributed by atoms with Gasteiger partial charge in [0.05, 0.1) is 10.9 Å². The molecule has 0 N–H and O–H groups in total. The highest BCUT2D eigenvalue weighted by Crippen LogP contribution is 2.36. The van der Waals surface area contributed by atoms with Crippen LogP contribution in [0.5, 0.6) is 0 Å². The van der Waals surface area contributed by atoms with E-state index in [0.29, 0.717) is 30.5 Å². The van der Waals surface area contributed by atoms with Gasteiger partial charge in [0, 0.05) is 44.7 Å². The van der Waals surface area contributed by atoms with E-state index < -0.39 is 28.4 Å². The molecule has 2 fully saturated rings. The predicted octanol–water partition coefficient (Wildman–Crippen LogP) is 2.55. The molecular weight excluding hydrogens is 413 g/mol. The van der Waals surface area contributed by atoms with Gasteiger partial charge in [-0.15, -0.1) is 0 Å². The monoisotopic (exact) mass is 438 g/mol. The lowest BCUT2D eigenvalue weighted by Crippen LogP contribution is -2.42. The summed E-state index contributed by atoms with van der Waals surface area (Å²) in [7, 11) is 2.45. The molecular formula is C21H25F3N4O3. The number of amides is 1. The molecule has 168 valence electrons. The van der Waals surface area contributed by atoms with Gasteiger partial charge in [-0.3, -0.25) is 18.7 Å². The second kappa shape index (κ2) is 7.80. The van der Waals surface area contributed by atoms with Crippen molar-refractivity contribution in [2.45, 2.75) is 50.6 Å². The summed E-state index contributed by atoms with van der Waals surface area (Å²) in [5.41, 5.74) is -2.98. The summed E-state index contributed by atoms with van der Waals surface area (Å²) in [5.74, 6) is -0.318. The summed E-state index contributed by atoms with van der Waals surface area (Å²) in [6.45, 7) is 0.883. The Kier molecular flexibility index (Phi) is 5.43. The second-order valence-electron chi connectivity index (χ2n) is 8.60. The lowest BCUT2D eigenvalue weighted by Gasteiger charge is -2.34. The Morgan fingerprint density at radius 1 is 1.06 bits per heavy atom. The zero-order valence-electron chi connectivity index (χ0n) is 17.5. The number of aromatic nitrogens is 3. The molecule has 0 aromatic carbocycles. The van der Waals surface area contributed by atoms with Gasteiger partial charge in [-0.1, -0.05) is 12.8 Å². The number of hydrogen-bond acceptors (Lipinski definition) is 4. The van der Waals surface area contributed by atoms with Crippen LogP contribution in [0.3, 0.4) is 0 Å². The van der Waals surface area contributed by atoms with Crippen molar-refractivity contribution in [1.29, 1.82) is 0 Å². The van der Waals surface area contributed by atoms with Crippen molar-refractivity contribution in [1.82, 2.24) is 19.0 Å². The van der Waals surface area contributed by atoms with Gasteiger partial charge in [-0.2, -0.15) is 13.2 Å². The van der Waals surface area contributed by atoms with Gasteiger partial charge in [0.25, 0.3) is 5.56 Å². The molecule has 1 aliphatic carbocycles. The standard InChI is InChI=1S/C21H25F3N4O3/c1-26-17-16(19(30)27(2)20(26)31)14(21(22,23)24)10-15(25-17)13-8-5-9-28(11-13)18(29)12-6-3-4-7-12/h10,12-13H,3-9,11H2,1-2H3/t13-/m0/s1. The quantitative estimate of drug-likeness (QED) is 0.722. The number of rotatable bonds is 2. The van der Waals surface area contributed by atoms with Crippen LogP contribution in [-0.4, -0.2) is 38.0 Å². The number of carbonyl (C=O) groups is 1. The average Bonchev–Trinajstić information content (AvgIpc) is 3.29. The number of halogens is 3. The van der Waals surface area contributed by atoms with E-state index in [2.05, 4.69) is 4.98 Å². The molecule has 0 bridgehead atoms. The Labute approximate surface area is 176 Å². The number of carbonyl (C=O) groups excluding carboxylic acids is 1. The van der Waals surface area contributed by atoms with Crippen molar-refractivity contribution in [3.05, 3.63) is 38.2 Å². The third-order valence-corrected chi connectivity index (χ3v) is 6.59. The first-order valence-electron chi connectivity index (χ1n) is 10.6. The van der Waals surface area contributed by atoms with Crippen LogP contribution in [0.2, 0.25) is 0 Å². The van der Waals surface area contributed by atoms with Crippen molar-refractivity contribution in [3.63, 3.8) is 0 Å². The molecule has 1 amide bonds. The summed E-state index contributed by atoms with van der Waals surface area (Å²) < 4.78 is 43.3. The van der Waals surface area contributed by atoms with Crippen LogP contribution >= 0.6 is 0 Å². The molecule has 2 aromatic heterocycles. The van der Waals surface area contributed by atoms with Crippen LogP contribution in [0.15, 0.2) is 15.7 Å². The molecule has 1 atom stereocenters. The van der Waals surface area contributed by atoms with Crippen LogP contribution in [0, 0.1) is 5.92 Å². The minimum atomic E-state index is -4.78. The number of pyridine rings is 1. The minimum absolute atomic E-state index is 0.00195. The van der Waals surface area contributed by atoms with Gasteiger partial charge in [-0.25, -0.2) is 9.78 Å². The summed E-state index contributed by atoms with van der Waals surface area (Å²) >= 11 is 0. The van der Waals surface area contributed by atoms with Crippen molar-refractivity contribution in [2.75, 3.05) is 13.1 Å². The van der Waals surface area contributed by atoms with Crippen LogP contribution in [0.4, 0.5) is 13.2 Å². The van der Waals surface area contributed by atoms with E-state index in [0.717, 1.165) is 43.4 Å². The topological polar surface area (TPSA) is 77.2 Å². The molecule has 1 saturated carbocycles. The van der Waals surface area contributed by atoms with Crippen LogP contribution in [-0.2, 0) is 25.1 Å². The van der Waals surface area contributed by atoms with E-state index in [9.17, 15) is 27.6 Å². The van der Waals surface area contributed by atoms with Gasteiger partial charge >= 0.3 is 11.9 Å². The number of alkyl halides is 3. The summed E-state index contributed by atoms with van der Waals surface area (Å²) in [5, 5.41) is -0.615. The number of fused-ring (bicyclic) bond motifs is 1. The zero-order valence-corrected chi connectivity index (χ0v) is 17.5. The molecule has 2 aliphatic rings. The highest BCUT2D eigenvalue weighted by atomic mass is 19.4. The fraction of sp³-hybridized carbons (Fsp3) is 0.619. The largest absolute Gasteiger partial charge is 0.417 e. The Balaban J connectivity index is 1.80. The van der Waals surface area contributed by atoms with E-state index in [1.165, 1.54) is 7.05 Å². The molecule has 0 spiro atoms. The van der Waals surface area contributed by atoms with Gasteiger partial charge in [0.15, 0.2) is 0 Å². The Bertz CT molecular complexity index is 1150. The van der Waals surface area contributed by atoms with Gasteiger partial charge in [-0.05, 0) is 31.7 Å². The maximum absolute atomic E-state index is 13.9.